The molecular formula is C13H17BrO2. The van der Waals surface area contributed by atoms with Crippen molar-refractivity contribution in [2.75, 3.05) is 6.61 Å². The van der Waals surface area contributed by atoms with E-state index in [-0.39, 0.29) is 5.97 Å². The number of carbonyl (C=O) groups is 1. The highest BCUT2D eigenvalue weighted by Gasteiger charge is 2.03. The van der Waals surface area contributed by atoms with E-state index >= 15 is 0 Å². The number of aryl methyl sites for hydroxylation is 1. The number of unbranched alkanes of at least 4 members (excludes halogenated alkanes) is 1. The summed E-state index contributed by atoms with van der Waals surface area (Å²) in [6.07, 6.45) is 3.22. The van der Waals surface area contributed by atoms with Crippen LogP contribution in [0.5, 0.6) is 0 Å². The maximum absolute atomic E-state index is 11.3. The van der Waals surface area contributed by atoms with Gasteiger partial charge in [0.2, 0.25) is 0 Å². The monoisotopic (exact) mass is 284 g/mol. The summed E-state index contributed by atoms with van der Waals surface area (Å²) in [5, 5.41) is 0. The normalized spacial score (nSPS) is 10.1. The Balaban J connectivity index is 2.23. The van der Waals surface area contributed by atoms with Gasteiger partial charge in [-0.25, -0.2) is 0 Å². The van der Waals surface area contributed by atoms with Gasteiger partial charge in [-0.1, -0.05) is 41.4 Å². The molecule has 1 rings (SSSR count). The lowest BCUT2D eigenvalue weighted by Gasteiger charge is -2.04. The lowest BCUT2D eigenvalue weighted by Crippen LogP contribution is -2.06. The first-order chi connectivity index (χ1) is 7.72. The van der Waals surface area contributed by atoms with Gasteiger partial charge in [-0.05, 0) is 30.5 Å². The summed E-state index contributed by atoms with van der Waals surface area (Å²) in [7, 11) is 0. The fourth-order valence-electron chi connectivity index (χ4n) is 1.30. The Morgan fingerprint density at radius 3 is 2.62 bits per heavy atom. The second kappa shape index (κ2) is 7.44. The minimum atomic E-state index is -0.101. The Hall–Kier alpha value is -0.830. The van der Waals surface area contributed by atoms with Crippen molar-refractivity contribution < 1.29 is 9.53 Å². The maximum atomic E-state index is 11.3. The molecule has 0 saturated carbocycles. The van der Waals surface area contributed by atoms with E-state index in [0.29, 0.717) is 13.0 Å². The summed E-state index contributed by atoms with van der Waals surface area (Å²) in [5.74, 6) is -0.101. The summed E-state index contributed by atoms with van der Waals surface area (Å²) in [6.45, 7) is 2.63. The lowest BCUT2D eigenvalue weighted by atomic mass is 10.1. The molecule has 3 heteroatoms. The van der Waals surface area contributed by atoms with Crippen LogP contribution < -0.4 is 0 Å². The van der Waals surface area contributed by atoms with E-state index in [0.717, 1.165) is 29.3 Å². The van der Waals surface area contributed by atoms with E-state index in [1.165, 1.54) is 0 Å². The topological polar surface area (TPSA) is 26.3 Å². The van der Waals surface area contributed by atoms with Gasteiger partial charge < -0.3 is 4.74 Å². The van der Waals surface area contributed by atoms with Gasteiger partial charge in [0.05, 0.1) is 6.61 Å². The molecule has 1 aromatic carbocycles. The van der Waals surface area contributed by atoms with Gasteiger partial charge >= 0.3 is 5.97 Å². The average Bonchev–Trinajstić information content (AvgIpc) is 2.29. The standard InChI is InChI=1S/C13H17BrO2/c1-2-3-10-16-13(15)9-6-11-4-7-12(14)8-5-11/h4-5,7-8H,2-3,6,9-10H2,1H3. The van der Waals surface area contributed by atoms with Crippen molar-refractivity contribution in [3.05, 3.63) is 34.3 Å². The summed E-state index contributed by atoms with van der Waals surface area (Å²) < 4.78 is 6.14. The van der Waals surface area contributed by atoms with Crippen LogP contribution in [-0.4, -0.2) is 12.6 Å². The Labute approximate surface area is 105 Å². The van der Waals surface area contributed by atoms with Gasteiger partial charge in [-0.15, -0.1) is 0 Å². The second-order valence-electron chi connectivity index (χ2n) is 3.70. The molecule has 0 aliphatic heterocycles. The summed E-state index contributed by atoms with van der Waals surface area (Å²) in [4.78, 5) is 11.3. The van der Waals surface area contributed by atoms with E-state index < -0.39 is 0 Å². The highest BCUT2D eigenvalue weighted by molar-refractivity contribution is 9.10. The molecule has 0 aliphatic carbocycles. The molecule has 0 unspecified atom stereocenters. The molecule has 0 radical (unpaired) electrons. The second-order valence-corrected chi connectivity index (χ2v) is 4.62. The summed E-state index contributed by atoms with van der Waals surface area (Å²) in [6, 6.07) is 8.00. The molecule has 0 atom stereocenters. The molecule has 16 heavy (non-hydrogen) atoms. The first-order valence-corrected chi connectivity index (χ1v) is 6.41. The van der Waals surface area contributed by atoms with Crippen molar-refractivity contribution in [2.45, 2.75) is 32.6 Å². The van der Waals surface area contributed by atoms with Crippen LogP contribution >= 0.6 is 15.9 Å². The van der Waals surface area contributed by atoms with E-state index in [4.69, 9.17) is 4.74 Å². The van der Waals surface area contributed by atoms with E-state index in [1.54, 1.807) is 0 Å². The summed E-state index contributed by atoms with van der Waals surface area (Å²) >= 11 is 3.38. The van der Waals surface area contributed by atoms with Crippen LogP contribution in [0.25, 0.3) is 0 Å². The summed E-state index contributed by atoms with van der Waals surface area (Å²) in [5.41, 5.74) is 1.16. The van der Waals surface area contributed by atoms with Gasteiger partial charge in [0.1, 0.15) is 0 Å². The predicted octanol–water partition coefficient (Wildman–Crippen LogP) is 3.73. The number of benzene rings is 1. The molecule has 0 saturated heterocycles. The first-order valence-electron chi connectivity index (χ1n) is 5.62. The number of ether oxygens (including phenoxy) is 1. The number of hydrogen-bond acceptors (Lipinski definition) is 2. The molecule has 2 nitrogen and oxygen atoms in total. The molecule has 1 aromatic rings. The zero-order chi connectivity index (χ0) is 11.8. The van der Waals surface area contributed by atoms with Crippen LogP contribution in [0.2, 0.25) is 0 Å². The van der Waals surface area contributed by atoms with Crippen LogP contribution in [-0.2, 0) is 16.0 Å². The molecule has 0 N–H and O–H groups in total. The third kappa shape index (κ3) is 5.31. The van der Waals surface area contributed by atoms with Gasteiger partial charge in [-0.2, -0.15) is 0 Å². The molecule has 0 spiro atoms. The van der Waals surface area contributed by atoms with Crippen molar-refractivity contribution in [1.29, 1.82) is 0 Å². The minimum absolute atomic E-state index is 0.101. The highest BCUT2D eigenvalue weighted by atomic mass is 79.9. The first kappa shape index (κ1) is 13.2. The van der Waals surface area contributed by atoms with E-state index in [1.807, 2.05) is 24.3 Å². The van der Waals surface area contributed by atoms with Crippen LogP contribution in [0.1, 0.15) is 31.7 Å². The van der Waals surface area contributed by atoms with E-state index in [2.05, 4.69) is 22.9 Å². The molecule has 0 heterocycles. The van der Waals surface area contributed by atoms with Crippen LogP contribution in [0, 0.1) is 0 Å². The smallest absolute Gasteiger partial charge is 0.306 e. The molecule has 0 aromatic heterocycles. The lowest BCUT2D eigenvalue weighted by molar-refractivity contribution is -0.143. The fraction of sp³-hybridized carbons (Fsp3) is 0.462. The number of hydrogen-bond donors (Lipinski definition) is 0. The maximum Gasteiger partial charge on any atom is 0.306 e. The fourth-order valence-corrected chi connectivity index (χ4v) is 1.56. The molecule has 0 amide bonds. The third-order valence-electron chi connectivity index (χ3n) is 2.29. The van der Waals surface area contributed by atoms with Crippen LogP contribution in [0.3, 0.4) is 0 Å². The van der Waals surface area contributed by atoms with Gasteiger partial charge in [0, 0.05) is 10.9 Å². The highest BCUT2D eigenvalue weighted by Crippen LogP contribution is 2.12. The van der Waals surface area contributed by atoms with Crippen LogP contribution in [0.4, 0.5) is 0 Å². The third-order valence-corrected chi connectivity index (χ3v) is 2.82. The predicted molar refractivity (Wildman–Crippen MR) is 68.3 cm³/mol. The number of rotatable bonds is 6. The van der Waals surface area contributed by atoms with E-state index in [9.17, 15) is 4.79 Å². The van der Waals surface area contributed by atoms with Gasteiger partial charge in [0.15, 0.2) is 0 Å². The zero-order valence-corrected chi connectivity index (χ0v) is 11.1. The van der Waals surface area contributed by atoms with Crippen molar-refractivity contribution in [2.24, 2.45) is 0 Å². The Kier molecular flexibility index (Phi) is 6.16. The Bertz CT molecular complexity index is 319. The molecule has 0 aliphatic rings. The average molecular weight is 285 g/mol. The molecule has 0 fully saturated rings. The number of esters is 1. The van der Waals surface area contributed by atoms with Crippen molar-refractivity contribution in [3.63, 3.8) is 0 Å². The SMILES string of the molecule is CCCCOC(=O)CCc1ccc(Br)cc1. The van der Waals surface area contributed by atoms with Gasteiger partial charge in [-0.3, -0.25) is 4.79 Å². The molecule has 0 bridgehead atoms. The zero-order valence-electron chi connectivity index (χ0n) is 9.54. The van der Waals surface area contributed by atoms with Crippen molar-refractivity contribution in [1.82, 2.24) is 0 Å². The van der Waals surface area contributed by atoms with Crippen LogP contribution in [0.15, 0.2) is 28.7 Å². The largest absolute Gasteiger partial charge is 0.466 e. The van der Waals surface area contributed by atoms with Crippen molar-refractivity contribution in [3.8, 4) is 0 Å². The van der Waals surface area contributed by atoms with Gasteiger partial charge in [0.25, 0.3) is 0 Å². The minimum Gasteiger partial charge on any atom is -0.466 e. The Morgan fingerprint density at radius 2 is 2.00 bits per heavy atom. The Morgan fingerprint density at radius 1 is 1.31 bits per heavy atom. The quantitative estimate of drug-likeness (QED) is 0.588. The number of carbonyl (C=O) groups excluding carboxylic acids is 1. The van der Waals surface area contributed by atoms with Crippen molar-refractivity contribution >= 4 is 21.9 Å². The molecule has 88 valence electrons. The molecular weight excluding hydrogens is 268 g/mol. The number of halogens is 1.